The molecule has 0 radical (unpaired) electrons. The van der Waals surface area contributed by atoms with Crippen molar-refractivity contribution >= 4 is 35.5 Å². The maximum Gasteiger partial charge on any atom is 0.322 e. The summed E-state index contributed by atoms with van der Waals surface area (Å²) in [5.74, 6) is -2.27. The lowest BCUT2D eigenvalue weighted by molar-refractivity contribution is -0.138. The fourth-order valence-electron chi connectivity index (χ4n) is 2.20. The number of carboxylic acids is 1. The van der Waals surface area contributed by atoms with Crippen LogP contribution in [0.3, 0.4) is 0 Å². The number of nitrogens with zero attached hydrogens (tertiary/aromatic N) is 1. The van der Waals surface area contributed by atoms with Gasteiger partial charge in [0, 0.05) is 18.3 Å². The molecule has 3 atom stereocenters. The minimum absolute atomic E-state index is 0.233. The van der Waals surface area contributed by atoms with Gasteiger partial charge in [-0.2, -0.15) is 11.8 Å². The quantitative estimate of drug-likeness (QED) is 0.232. The monoisotopic (exact) mass is 414 g/mol. The Balaban J connectivity index is 2.64. The van der Waals surface area contributed by atoms with Crippen LogP contribution in [-0.4, -0.2) is 75.4 Å². The molecule has 1 heterocycles. The lowest BCUT2D eigenvalue weighted by Gasteiger charge is -2.22. The number of aromatic nitrogens is 2. The molecule has 3 amide bonds. The molecule has 156 valence electrons. The number of H-pyrrole nitrogens is 1. The van der Waals surface area contributed by atoms with Crippen molar-refractivity contribution in [1.82, 2.24) is 25.9 Å². The Kier molecular flexibility index (Phi) is 10.0. The Morgan fingerprint density at radius 1 is 1.25 bits per heavy atom. The topological polar surface area (TPSA) is 179 Å². The maximum atomic E-state index is 12.5. The zero-order valence-electron chi connectivity index (χ0n) is 15.7. The number of nitrogens with one attached hydrogen (secondary N) is 4. The number of hydrogen-bond donors (Lipinski definition) is 6. The van der Waals surface area contributed by atoms with E-state index in [9.17, 15) is 19.2 Å². The maximum absolute atomic E-state index is 12.5. The largest absolute Gasteiger partial charge is 0.480 e. The van der Waals surface area contributed by atoms with Crippen molar-refractivity contribution in [3.05, 3.63) is 18.2 Å². The van der Waals surface area contributed by atoms with Crippen molar-refractivity contribution in [2.45, 2.75) is 37.9 Å². The number of rotatable bonds is 12. The second-order valence-electron chi connectivity index (χ2n) is 6.07. The average molecular weight is 414 g/mol. The van der Waals surface area contributed by atoms with Crippen molar-refractivity contribution in [2.75, 3.05) is 18.6 Å². The van der Waals surface area contributed by atoms with Crippen molar-refractivity contribution in [2.24, 2.45) is 5.73 Å². The molecule has 3 unspecified atom stereocenters. The first-order valence-corrected chi connectivity index (χ1v) is 9.96. The standard InChI is InChI=1S/C16H26N6O5S/c1-9(14(25)19-7-13(23)24)21-16(27)12(3-4-28-2)22-15(26)11(17)5-10-6-18-8-20-10/h6,8-9,11-12H,3-5,7,17H2,1-2H3,(H,18,20)(H,19,25)(H,21,27)(H,22,26)(H,23,24). The number of carboxylic acid groups (broad SMARTS) is 1. The molecule has 12 heteroatoms. The molecule has 11 nitrogen and oxygen atoms in total. The van der Waals surface area contributed by atoms with E-state index in [2.05, 4.69) is 25.9 Å². The molecule has 0 fully saturated rings. The zero-order chi connectivity index (χ0) is 21.1. The van der Waals surface area contributed by atoms with Gasteiger partial charge in [0.05, 0.1) is 12.4 Å². The molecule has 28 heavy (non-hydrogen) atoms. The third kappa shape index (κ3) is 8.39. The van der Waals surface area contributed by atoms with E-state index in [1.807, 2.05) is 6.26 Å². The summed E-state index contributed by atoms with van der Waals surface area (Å²) in [7, 11) is 0. The van der Waals surface area contributed by atoms with Gasteiger partial charge in [-0.05, 0) is 25.4 Å². The minimum atomic E-state index is -1.19. The van der Waals surface area contributed by atoms with E-state index in [0.717, 1.165) is 0 Å². The van der Waals surface area contributed by atoms with Crippen LogP contribution in [0.4, 0.5) is 0 Å². The number of aromatic amines is 1. The van der Waals surface area contributed by atoms with Gasteiger partial charge < -0.3 is 31.8 Å². The van der Waals surface area contributed by atoms with E-state index in [4.69, 9.17) is 10.8 Å². The summed E-state index contributed by atoms with van der Waals surface area (Å²) in [6.07, 6.45) is 5.48. The van der Waals surface area contributed by atoms with E-state index in [0.29, 0.717) is 17.9 Å². The van der Waals surface area contributed by atoms with Crippen LogP contribution < -0.4 is 21.7 Å². The lowest BCUT2D eigenvalue weighted by Crippen LogP contribution is -2.55. The minimum Gasteiger partial charge on any atom is -0.480 e. The van der Waals surface area contributed by atoms with Gasteiger partial charge in [0.15, 0.2) is 0 Å². The predicted octanol–water partition coefficient (Wildman–Crippen LogP) is -1.78. The molecular formula is C16H26N6O5S. The molecule has 0 aliphatic rings. The number of hydrogen-bond acceptors (Lipinski definition) is 7. The molecule has 0 bridgehead atoms. The Labute approximate surface area is 166 Å². The van der Waals surface area contributed by atoms with E-state index in [1.54, 1.807) is 6.20 Å². The Hall–Kier alpha value is -2.60. The van der Waals surface area contributed by atoms with Gasteiger partial charge in [0.25, 0.3) is 0 Å². The molecule has 1 aromatic heterocycles. The number of thioether (sulfide) groups is 1. The fraction of sp³-hybridized carbons (Fsp3) is 0.562. The van der Waals surface area contributed by atoms with Gasteiger partial charge in [0.2, 0.25) is 17.7 Å². The molecule has 0 spiro atoms. The number of imidazole rings is 1. The van der Waals surface area contributed by atoms with Crippen molar-refractivity contribution in [3.8, 4) is 0 Å². The van der Waals surface area contributed by atoms with E-state index in [-0.39, 0.29) is 6.42 Å². The molecule has 0 saturated heterocycles. The Morgan fingerprint density at radius 3 is 2.54 bits per heavy atom. The highest BCUT2D eigenvalue weighted by molar-refractivity contribution is 7.98. The molecule has 0 aliphatic carbocycles. The normalized spacial score (nSPS) is 13.8. The van der Waals surface area contributed by atoms with Crippen LogP contribution in [0.2, 0.25) is 0 Å². The molecule has 0 aromatic carbocycles. The second kappa shape index (κ2) is 12.0. The van der Waals surface area contributed by atoms with Gasteiger partial charge in [-0.1, -0.05) is 0 Å². The van der Waals surface area contributed by atoms with E-state index in [1.165, 1.54) is 25.0 Å². The SMILES string of the molecule is CSCCC(NC(=O)C(N)Cc1cnc[nH]1)C(=O)NC(C)C(=O)NCC(=O)O. The second-order valence-corrected chi connectivity index (χ2v) is 7.06. The average Bonchev–Trinajstić information content (AvgIpc) is 3.15. The summed E-state index contributed by atoms with van der Waals surface area (Å²) in [5.41, 5.74) is 6.58. The van der Waals surface area contributed by atoms with Crippen LogP contribution in [0.5, 0.6) is 0 Å². The van der Waals surface area contributed by atoms with Gasteiger partial charge in [-0.3, -0.25) is 19.2 Å². The van der Waals surface area contributed by atoms with Crippen LogP contribution in [0.25, 0.3) is 0 Å². The molecular weight excluding hydrogens is 388 g/mol. The van der Waals surface area contributed by atoms with Gasteiger partial charge in [-0.15, -0.1) is 0 Å². The highest BCUT2D eigenvalue weighted by Gasteiger charge is 2.26. The van der Waals surface area contributed by atoms with Crippen LogP contribution >= 0.6 is 11.8 Å². The van der Waals surface area contributed by atoms with Crippen molar-refractivity contribution < 1.29 is 24.3 Å². The van der Waals surface area contributed by atoms with E-state index < -0.39 is 48.4 Å². The third-order valence-electron chi connectivity index (χ3n) is 3.74. The smallest absolute Gasteiger partial charge is 0.322 e. The van der Waals surface area contributed by atoms with E-state index >= 15 is 0 Å². The number of carbonyl (C=O) groups excluding carboxylic acids is 3. The van der Waals surface area contributed by atoms with Gasteiger partial charge >= 0.3 is 5.97 Å². The Bertz CT molecular complexity index is 668. The zero-order valence-corrected chi connectivity index (χ0v) is 16.5. The van der Waals surface area contributed by atoms with Crippen LogP contribution in [0, 0.1) is 0 Å². The van der Waals surface area contributed by atoms with Gasteiger partial charge in [-0.25, -0.2) is 4.98 Å². The summed E-state index contributed by atoms with van der Waals surface area (Å²) < 4.78 is 0. The Morgan fingerprint density at radius 2 is 1.96 bits per heavy atom. The summed E-state index contributed by atoms with van der Waals surface area (Å²) in [4.78, 5) is 53.9. The summed E-state index contributed by atoms with van der Waals surface area (Å²) in [6.45, 7) is 0.876. The highest BCUT2D eigenvalue weighted by Crippen LogP contribution is 2.03. The highest BCUT2D eigenvalue weighted by atomic mass is 32.2. The predicted molar refractivity (Wildman–Crippen MR) is 103 cm³/mol. The first kappa shape index (κ1) is 23.4. The van der Waals surface area contributed by atoms with Crippen molar-refractivity contribution in [1.29, 1.82) is 0 Å². The fourth-order valence-corrected chi connectivity index (χ4v) is 2.68. The first-order chi connectivity index (χ1) is 13.2. The lowest BCUT2D eigenvalue weighted by atomic mass is 10.1. The number of amides is 3. The van der Waals surface area contributed by atoms with Crippen molar-refractivity contribution in [3.63, 3.8) is 0 Å². The van der Waals surface area contributed by atoms with Crippen LogP contribution in [-0.2, 0) is 25.6 Å². The molecule has 1 aromatic rings. The number of aliphatic carboxylic acids is 1. The molecule has 1 rings (SSSR count). The third-order valence-corrected chi connectivity index (χ3v) is 4.38. The van der Waals surface area contributed by atoms with Crippen LogP contribution in [0.15, 0.2) is 12.5 Å². The van der Waals surface area contributed by atoms with Gasteiger partial charge in [0.1, 0.15) is 18.6 Å². The van der Waals surface area contributed by atoms with Crippen LogP contribution in [0.1, 0.15) is 19.0 Å². The summed E-state index contributed by atoms with van der Waals surface area (Å²) in [6, 6.07) is -2.71. The molecule has 7 N–H and O–H groups in total. The first-order valence-electron chi connectivity index (χ1n) is 8.56. The summed E-state index contributed by atoms with van der Waals surface area (Å²) >= 11 is 1.50. The number of nitrogens with two attached hydrogens (primary N) is 1. The number of carbonyl (C=O) groups is 4. The summed E-state index contributed by atoms with van der Waals surface area (Å²) in [5, 5.41) is 15.8. The molecule has 0 saturated carbocycles. The molecule has 0 aliphatic heterocycles.